The van der Waals surface area contributed by atoms with Gasteiger partial charge < -0.3 is 14.2 Å². The maximum absolute atomic E-state index is 10.8. The second kappa shape index (κ2) is 7.16. The van der Waals surface area contributed by atoms with Gasteiger partial charge in [-0.2, -0.15) is 0 Å². The first-order valence-corrected chi connectivity index (χ1v) is 5.91. The van der Waals surface area contributed by atoms with Crippen LogP contribution in [0.25, 0.3) is 0 Å². The normalized spacial score (nSPS) is 11.9. The Balaban J connectivity index is 3.86. The van der Waals surface area contributed by atoms with Crippen molar-refractivity contribution in [3.8, 4) is 0 Å². The number of carbonyl (C=O) groups is 2. The van der Waals surface area contributed by atoms with Crippen LogP contribution in [-0.4, -0.2) is 33.1 Å². The molecule has 11 heteroatoms. The molecular formula is C6H4Cl6O5. The first-order valence-electron chi connectivity index (χ1n) is 3.64. The lowest BCUT2D eigenvalue weighted by Crippen LogP contribution is -2.23. The Morgan fingerprint density at radius 1 is 0.765 bits per heavy atom. The van der Waals surface area contributed by atoms with Crippen molar-refractivity contribution < 1.29 is 23.8 Å². The zero-order chi connectivity index (χ0) is 13.7. The van der Waals surface area contributed by atoms with Gasteiger partial charge in [-0.3, -0.25) is 0 Å². The lowest BCUT2D eigenvalue weighted by molar-refractivity contribution is 0.0380. The molecule has 0 heterocycles. The summed E-state index contributed by atoms with van der Waals surface area (Å²) in [6.07, 6.45) is -2.82. The van der Waals surface area contributed by atoms with Gasteiger partial charge in [-0.05, 0) is 0 Å². The van der Waals surface area contributed by atoms with Crippen LogP contribution >= 0.6 is 69.6 Å². The van der Waals surface area contributed by atoms with Crippen LogP contribution in [0.15, 0.2) is 0 Å². The van der Waals surface area contributed by atoms with E-state index >= 15 is 0 Å². The van der Waals surface area contributed by atoms with Gasteiger partial charge in [-0.1, -0.05) is 69.6 Å². The first-order chi connectivity index (χ1) is 7.49. The van der Waals surface area contributed by atoms with E-state index in [2.05, 4.69) is 14.2 Å². The topological polar surface area (TPSA) is 61.8 Å². The molecule has 100 valence electrons. The fraction of sp³-hybridized carbons (Fsp3) is 0.667. The molecule has 0 saturated carbocycles. The van der Waals surface area contributed by atoms with Crippen molar-refractivity contribution in [2.24, 2.45) is 0 Å². The van der Waals surface area contributed by atoms with E-state index in [0.717, 1.165) is 0 Å². The standard InChI is InChI=1S/C6H4Cl6O5/c7-5(8,9)1-15-3(13)17-4(14)16-2-6(10,11)12/h1-2H2. The molecule has 0 spiro atoms. The van der Waals surface area contributed by atoms with E-state index in [1.807, 2.05) is 0 Å². The van der Waals surface area contributed by atoms with Gasteiger partial charge >= 0.3 is 12.3 Å². The average molecular weight is 369 g/mol. The molecule has 0 aromatic rings. The second-order valence-corrected chi connectivity index (χ2v) is 7.44. The lowest BCUT2D eigenvalue weighted by Gasteiger charge is -2.12. The van der Waals surface area contributed by atoms with Crippen molar-refractivity contribution in [1.82, 2.24) is 0 Å². The van der Waals surface area contributed by atoms with Gasteiger partial charge in [0.2, 0.25) is 7.59 Å². The quantitative estimate of drug-likeness (QED) is 0.418. The maximum Gasteiger partial charge on any atom is 0.518 e. The molecular weight excluding hydrogens is 365 g/mol. The highest BCUT2D eigenvalue weighted by Crippen LogP contribution is 2.27. The number of rotatable bonds is 2. The molecule has 0 aliphatic rings. The van der Waals surface area contributed by atoms with Crippen molar-refractivity contribution >= 4 is 81.9 Å². The van der Waals surface area contributed by atoms with E-state index in [9.17, 15) is 9.59 Å². The molecule has 0 saturated heterocycles. The fourth-order valence-corrected chi connectivity index (χ4v) is 0.736. The molecule has 0 aromatic heterocycles. The molecule has 5 nitrogen and oxygen atoms in total. The van der Waals surface area contributed by atoms with Crippen molar-refractivity contribution in [1.29, 1.82) is 0 Å². The molecule has 0 fully saturated rings. The Morgan fingerprint density at radius 3 is 1.29 bits per heavy atom. The number of carbonyl (C=O) groups excluding carboxylic acids is 2. The van der Waals surface area contributed by atoms with Crippen LogP contribution in [0.3, 0.4) is 0 Å². The third-order valence-electron chi connectivity index (χ3n) is 0.874. The second-order valence-electron chi connectivity index (χ2n) is 2.41. The Bertz CT molecular complexity index is 254. The summed E-state index contributed by atoms with van der Waals surface area (Å²) < 4.78 is 8.83. The third kappa shape index (κ3) is 12.7. The van der Waals surface area contributed by atoms with Crippen LogP contribution in [0.2, 0.25) is 0 Å². The number of ether oxygens (including phenoxy) is 3. The van der Waals surface area contributed by atoms with Crippen molar-refractivity contribution in [3.05, 3.63) is 0 Å². The van der Waals surface area contributed by atoms with Gasteiger partial charge in [0.15, 0.2) is 0 Å². The van der Waals surface area contributed by atoms with Crippen LogP contribution in [0, 0.1) is 0 Å². The summed E-state index contributed by atoms with van der Waals surface area (Å²) in [4.78, 5) is 21.6. The highest BCUT2D eigenvalue weighted by atomic mass is 35.6. The van der Waals surface area contributed by atoms with Crippen molar-refractivity contribution in [2.45, 2.75) is 7.59 Å². The van der Waals surface area contributed by atoms with Gasteiger partial charge in [0.05, 0.1) is 0 Å². The monoisotopic (exact) mass is 366 g/mol. The number of hydrogen-bond acceptors (Lipinski definition) is 5. The van der Waals surface area contributed by atoms with Gasteiger partial charge in [0.25, 0.3) is 0 Å². The average Bonchev–Trinajstić information content (AvgIpc) is 2.09. The molecule has 0 aromatic carbocycles. The summed E-state index contributed by atoms with van der Waals surface area (Å²) in [7, 11) is 0. The smallest absolute Gasteiger partial charge is 0.429 e. The molecule has 0 N–H and O–H groups in total. The molecule has 0 unspecified atom stereocenters. The number of alkyl halides is 6. The van der Waals surface area contributed by atoms with Crippen LogP contribution in [0.5, 0.6) is 0 Å². The summed E-state index contributed by atoms with van der Waals surface area (Å²) >= 11 is 31.6. The molecule has 0 radical (unpaired) electrons. The van der Waals surface area contributed by atoms with E-state index in [0.29, 0.717) is 0 Å². The minimum atomic E-state index is -1.82. The van der Waals surface area contributed by atoms with Crippen LogP contribution in [0.1, 0.15) is 0 Å². The lowest BCUT2D eigenvalue weighted by atomic mass is 10.8. The van der Waals surface area contributed by atoms with Crippen LogP contribution < -0.4 is 0 Å². The van der Waals surface area contributed by atoms with Gasteiger partial charge in [-0.25, -0.2) is 9.59 Å². The van der Waals surface area contributed by atoms with E-state index in [-0.39, 0.29) is 0 Å². The molecule has 0 rings (SSSR count). The number of halogens is 6. The summed E-state index contributed by atoms with van der Waals surface area (Å²) in [6, 6.07) is 0. The van der Waals surface area contributed by atoms with E-state index in [1.54, 1.807) is 0 Å². The molecule has 0 amide bonds. The van der Waals surface area contributed by atoms with Crippen LogP contribution in [0.4, 0.5) is 9.59 Å². The summed E-state index contributed by atoms with van der Waals surface area (Å²) in [6.45, 7) is -1.21. The largest absolute Gasteiger partial charge is 0.518 e. The minimum absolute atomic E-state index is 0.603. The Labute approximate surface area is 126 Å². The minimum Gasteiger partial charge on any atom is -0.429 e. The summed E-state index contributed by atoms with van der Waals surface area (Å²) in [5.74, 6) is 0. The Morgan fingerprint density at radius 2 is 1.06 bits per heavy atom. The zero-order valence-electron chi connectivity index (χ0n) is 7.72. The van der Waals surface area contributed by atoms with Crippen LogP contribution in [-0.2, 0) is 14.2 Å². The molecule has 0 bridgehead atoms. The summed E-state index contributed by atoms with van der Waals surface area (Å²) in [5.41, 5.74) is 0. The van der Waals surface area contributed by atoms with Gasteiger partial charge in [-0.15, -0.1) is 0 Å². The van der Waals surface area contributed by atoms with Gasteiger partial charge in [0, 0.05) is 0 Å². The predicted octanol–water partition coefficient (Wildman–Crippen LogP) is 4.02. The first kappa shape index (κ1) is 17.5. The maximum atomic E-state index is 10.8. The molecule has 0 aliphatic heterocycles. The molecule has 0 atom stereocenters. The van der Waals surface area contributed by atoms with E-state index in [1.165, 1.54) is 0 Å². The predicted molar refractivity (Wildman–Crippen MR) is 64.4 cm³/mol. The highest BCUT2D eigenvalue weighted by molar-refractivity contribution is 6.68. The van der Waals surface area contributed by atoms with E-state index in [4.69, 9.17) is 69.6 Å². The van der Waals surface area contributed by atoms with Gasteiger partial charge in [0.1, 0.15) is 13.2 Å². The third-order valence-corrected chi connectivity index (χ3v) is 1.53. The highest BCUT2D eigenvalue weighted by Gasteiger charge is 2.26. The number of hydrogen-bond donors (Lipinski definition) is 0. The molecule has 0 aliphatic carbocycles. The Hall–Kier alpha value is 0.480. The SMILES string of the molecule is O=C(OCC(Cl)(Cl)Cl)OC(=O)OCC(Cl)(Cl)Cl. The van der Waals surface area contributed by atoms with E-state index < -0.39 is 33.1 Å². The Kier molecular flexibility index (Phi) is 7.37. The zero-order valence-corrected chi connectivity index (χ0v) is 12.3. The molecule has 17 heavy (non-hydrogen) atoms. The fourth-order valence-electron chi connectivity index (χ4n) is 0.408. The summed E-state index contributed by atoms with van der Waals surface area (Å²) in [5, 5.41) is 0. The van der Waals surface area contributed by atoms with Crippen molar-refractivity contribution in [2.75, 3.05) is 13.2 Å². The van der Waals surface area contributed by atoms with Crippen molar-refractivity contribution in [3.63, 3.8) is 0 Å².